The Morgan fingerprint density at radius 3 is 2.61 bits per heavy atom. The van der Waals surface area contributed by atoms with Crippen molar-refractivity contribution in [3.8, 4) is 11.5 Å². The molecule has 0 atom stereocenters. The molecule has 5 heteroatoms. The van der Waals surface area contributed by atoms with Gasteiger partial charge in [0.25, 0.3) is 0 Å². The predicted molar refractivity (Wildman–Crippen MR) is 90.4 cm³/mol. The molecule has 0 radical (unpaired) electrons. The van der Waals surface area contributed by atoms with Crippen LogP contribution in [0.2, 0.25) is 5.02 Å². The summed E-state index contributed by atoms with van der Waals surface area (Å²) < 4.78 is 2.08. The molecule has 4 rings (SSSR count). The molecule has 1 aliphatic carbocycles. The smallest absolute Gasteiger partial charge is 0.180 e. The first-order chi connectivity index (χ1) is 11.3. The SMILES string of the molecule is Clc1ccccc1Cn1nc(-c2ncccn2)c2c1CCCC2. The molecule has 0 fully saturated rings. The fraction of sp³-hybridized carbons (Fsp3) is 0.278. The molecular weight excluding hydrogens is 308 g/mol. The van der Waals surface area contributed by atoms with Crippen LogP contribution in [0.1, 0.15) is 29.7 Å². The van der Waals surface area contributed by atoms with Gasteiger partial charge in [0.1, 0.15) is 5.69 Å². The fourth-order valence-corrected chi connectivity index (χ4v) is 3.39. The lowest BCUT2D eigenvalue weighted by Crippen LogP contribution is -2.10. The van der Waals surface area contributed by atoms with E-state index in [1.165, 1.54) is 24.1 Å². The lowest BCUT2D eigenvalue weighted by molar-refractivity contribution is 0.595. The normalized spacial score (nSPS) is 13.8. The first kappa shape index (κ1) is 14.4. The maximum atomic E-state index is 6.32. The largest absolute Gasteiger partial charge is 0.264 e. The molecule has 116 valence electrons. The maximum Gasteiger partial charge on any atom is 0.180 e. The lowest BCUT2D eigenvalue weighted by atomic mass is 9.95. The van der Waals surface area contributed by atoms with Gasteiger partial charge in [-0.15, -0.1) is 0 Å². The minimum absolute atomic E-state index is 0.689. The van der Waals surface area contributed by atoms with E-state index in [1.807, 2.05) is 24.3 Å². The highest BCUT2D eigenvalue weighted by Gasteiger charge is 2.23. The standard InChI is InChI=1S/C18H17ClN4/c19-15-8-3-1-6-13(15)12-23-16-9-4-2-7-14(16)17(22-23)18-20-10-5-11-21-18/h1,3,5-6,8,10-11H,2,4,7,9,12H2. The summed E-state index contributed by atoms with van der Waals surface area (Å²) in [5.41, 5.74) is 4.62. The third kappa shape index (κ3) is 2.75. The summed E-state index contributed by atoms with van der Waals surface area (Å²) in [4.78, 5) is 8.76. The number of halogens is 1. The number of nitrogens with zero attached hydrogens (tertiary/aromatic N) is 4. The highest BCUT2D eigenvalue weighted by Crippen LogP contribution is 2.30. The Labute approximate surface area is 140 Å². The van der Waals surface area contributed by atoms with Gasteiger partial charge < -0.3 is 0 Å². The van der Waals surface area contributed by atoms with E-state index in [-0.39, 0.29) is 0 Å². The van der Waals surface area contributed by atoms with Crippen LogP contribution in [-0.4, -0.2) is 19.7 Å². The molecule has 0 saturated carbocycles. The Hall–Kier alpha value is -2.20. The number of rotatable bonds is 3. The Kier molecular flexibility index (Phi) is 3.83. The van der Waals surface area contributed by atoms with Crippen LogP contribution in [0.4, 0.5) is 0 Å². The molecule has 0 spiro atoms. The van der Waals surface area contributed by atoms with Gasteiger partial charge in [-0.2, -0.15) is 5.10 Å². The first-order valence-electron chi connectivity index (χ1n) is 7.92. The van der Waals surface area contributed by atoms with Crippen molar-refractivity contribution in [3.63, 3.8) is 0 Å². The minimum atomic E-state index is 0.689. The van der Waals surface area contributed by atoms with E-state index < -0.39 is 0 Å². The van der Waals surface area contributed by atoms with Gasteiger partial charge in [-0.25, -0.2) is 9.97 Å². The van der Waals surface area contributed by atoms with Crippen molar-refractivity contribution < 1.29 is 0 Å². The zero-order valence-electron chi connectivity index (χ0n) is 12.7. The van der Waals surface area contributed by atoms with Crippen molar-refractivity contribution in [2.45, 2.75) is 32.2 Å². The van der Waals surface area contributed by atoms with Crippen molar-refractivity contribution in [1.29, 1.82) is 0 Å². The van der Waals surface area contributed by atoms with Crippen molar-refractivity contribution in [1.82, 2.24) is 19.7 Å². The Morgan fingerprint density at radius 2 is 1.78 bits per heavy atom. The van der Waals surface area contributed by atoms with E-state index in [9.17, 15) is 0 Å². The molecule has 1 aliphatic rings. The predicted octanol–water partition coefficient (Wildman–Crippen LogP) is 3.92. The molecule has 0 bridgehead atoms. The minimum Gasteiger partial charge on any atom is -0.264 e. The summed E-state index contributed by atoms with van der Waals surface area (Å²) in [5, 5.41) is 5.61. The molecule has 2 heterocycles. The number of aromatic nitrogens is 4. The molecule has 23 heavy (non-hydrogen) atoms. The third-order valence-corrected chi connectivity index (χ3v) is 4.68. The number of benzene rings is 1. The van der Waals surface area contributed by atoms with Crippen LogP contribution in [0, 0.1) is 0 Å². The highest BCUT2D eigenvalue weighted by atomic mass is 35.5. The molecule has 2 aromatic heterocycles. The molecule has 0 N–H and O–H groups in total. The quantitative estimate of drug-likeness (QED) is 0.733. The van der Waals surface area contributed by atoms with Gasteiger partial charge in [0.05, 0.1) is 6.54 Å². The molecule has 0 aliphatic heterocycles. The molecule has 3 aromatic rings. The number of fused-ring (bicyclic) bond motifs is 1. The first-order valence-corrected chi connectivity index (χ1v) is 8.30. The second-order valence-corrected chi connectivity index (χ2v) is 6.21. The van der Waals surface area contributed by atoms with E-state index >= 15 is 0 Å². The molecular formula is C18H17ClN4. The monoisotopic (exact) mass is 324 g/mol. The second-order valence-electron chi connectivity index (χ2n) is 5.80. The van der Waals surface area contributed by atoms with Gasteiger partial charge >= 0.3 is 0 Å². The number of hydrogen-bond donors (Lipinski definition) is 0. The van der Waals surface area contributed by atoms with E-state index in [0.29, 0.717) is 12.4 Å². The summed E-state index contributed by atoms with van der Waals surface area (Å²) in [6, 6.07) is 9.77. The van der Waals surface area contributed by atoms with Crippen molar-refractivity contribution in [2.24, 2.45) is 0 Å². The van der Waals surface area contributed by atoms with Crippen LogP contribution in [0.15, 0.2) is 42.7 Å². The average molecular weight is 325 g/mol. The number of hydrogen-bond acceptors (Lipinski definition) is 3. The zero-order chi connectivity index (χ0) is 15.6. The van der Waals surface area contributed by atoms with E-state index in [4.69, 9.17) is 16.7 Å². The molecule has 0 unspecified atom stereocenters. The van der Waals surface area contributed by atoms with Crippen molar-refractivity contribution in [3.05, 3.63) is 64.6 Å². The van der Waals surface area contributed by atoms with Gasteiger partial charge in [0.15, 0.2) is 5.82 Å². The van der Waals surface area contributed by atoms with Crippen LogP contribution in [0.3, 0.4) is 0 Å². The molecule has 0 saturated heterocycles. The van der Waals surface area contributed by atoms with Gasteiger partial charge in [0.2, 0.25) is 0 Å². The summed E-state index contributed by atoms with van der Waals surface area (Å²) in [5.74, 6) is 0.712. The summed E-state index contributed by atoms with van der Waals surface area (Å²) in [6.45, 7) is 0.689. The van der Waals surface area contributed by atoms with E-state index in [0.717, 1.165) is 29.1 Å². The van der Waals surface area contributed by atoms with E-state index in [2.05, 4.69) is 20.7 Å². The lowest BCUT2D eigenvalue weighted by Gasteiger charge is -2.14. The third-order valence-electron chi connectivity index (χ3n) is 4.31. The second kappa shape index (κ2) is 6.13. The van der Waals surface area contributed by atoms with Crippen LogP contribution >= 0.6 is 11.6 Å². The molecule has 4 nitrogen and oxygen atoms in total. The van der Waals surface area contributed by atoms with Crippen LogP contribution in [0.5, 0.6) is 0 Å². The summed E-state index contributed by atoms with van der Waals surface area (Å²) in [7, 11) is 0. The maximum absolute atomic E-state index is 6.32. The fourth-order valence-electron chi connectivity index (χ4n) is 3.19. The Balaban J connectivity index is 1.79. The summed E-state index contributed by atoms with van der Waals surface area (Å²) >= 11 is 6.32. The van der Waals surface area contributed by atoms with Gasteiger partial charge in [0, 0.05) is 28.7 Å². The Morgan fingerprint density at radius 1 is 1.00 bits per heavy atom. The topological polar surface area (TPSA) is 43.6 Å². The van der Waals surface area contributed by atoms with Gasteiger partial charge in [-0.05, 0) is 43.4 Å². The van der Waals surface area contributed by atoms with Crippen LogP contribution in [-0.2, 0) is 19.4 Å². The van der Waals surface area contributed by atoms with Gasteiger partial charge in [-0.1, -0.05) is 29.8 Å². The van der Waals surface area contributed by atoms with Crippen LogP contribution in [0.25, 0.3) is 11.5 Å². The van der Waals surface area contributed by atoms with Crippen LogP contribution < -0.4 is 0 Å². The highest BCUT2D eigenvalue weighted by molar-refractivity contribution is 6.31. The Bertz CT molecular complexity index is 826. The summed E-state index contributed by atoms with van der Waals surface area (Å²) in [6.07, 6.45) is 8.04. The van der Waals surface area contributed by atoms with Crippen molar-refractivity contribution in [2.75, 3.05) is 0 Å². The van der Waals surface area contributed by atoms with Gasteiger partial charge in [-0.3, -0.25) is 4.68 Å². The zero-order valence-corrected chi connectivity index (χ0v) is 13.5. The average Bonchev–Trinajstić information content (AvgIpc) is 2.97. The van der Waals surface area contributed by atoms with E-state index in [1.54, 1.807) is 12.4 Å². The molecule has 1 aromatic carbocycles. The molecule has 0 amide bonds. The van der Waals surface area contributed by atoms with Crippen molar-refractivity contribution >= 4 is 11.6 Å².